The molecule has 2 heterocycles. The summed E-state index contributed by atoms with van der Waals surface area (Å²) in [5.41, 5.74) is 2.29. The van der Waals surface area contributed by atoms with Crippen molar-refractivity contribution in [3.8, 4) is 0 Å². The van der Waals surface area contributed by atoms with Gasteiger partial charge in [-0.05, 0) is 34.0 Å². The number of carbonyl (C=O) groups is 2. The molecule has 2 aliphatic rings. The lowest BCUT2D eigenvalue weighted by molar-refractivity contribution is -0.139. The van der Waals surface area contributed by atoms with Crippen LogP contribution < -0.4 is 0 Å². The van der Waals surface area contributed by atoms with Crippen LogP contribution in [0.5, 0.6) is 0 Å². The van der Waals surface area contributed by atoms with Crippen LogP contribution in [0.2, 0.25) is 0 Å². The molecular weight excluding hydrogens is 296 g/mol. The van der Waals surface area contributed by atoms with Crippen LogP contribution in [0.3, 0.4) is 0 Å². The molecule has 0 saturated heterocycles. The van der Waals surface area contributed by atoms with E-state index in [2.05, 4.69) is 0 Å². The van der Waals surface area contributed by atoms with Gasteiger partial charge in [-0.25, -0.2) is 9.59 Å². The molecule has 0 aromatic heterocycles. The average molecular weight is 310 g/mol. The Morgan fingerprint density at radius 3 is 1.70 bits per heavy atom. The molecule has 0 saturated carbocycles. The second kappa shape index (κ2) is 4.93. The van der Waals surface area contributed by atoms with Crippen LogP contribution in [-0.4, -0.2) is 26.2 Å². The van der Waals surface area contributed by atoms with E-state index in [-0.39, 0.29) is 11.1 Å². The van der Waals surface area contributed by atoms with Crippen molar-refractivity contribution in [2.75, 3.05) is 14.2 Å². The van der Waals surface area contributed by atoms with Crippen LogP contribution in [0.1, 0.15) is 23.3 Å². The number of hydrogen-bond acceptors (Lipinski definition) is 5. The molecule has 2 bridgehead atoms. The van der Waals surface area contributed by atoms with Crippen molar-refractivity contribution in [1.82, 2.24) is 0 Å². The Morgan fingerprint density at radius 1 is 0.870 bits per heavy atom. The molecule has 5 heteroatoms. The van der Waals surface area contributed by atoms with E-state index in [4.69, 9.17) is 14.2 Å². The Kier molecular flexibility index (Phi) is 2.99. The summed E-state index contributed by atoms with van der Waals surface area (Å²) in [7, 11) is 2.58. The van der Waals surface area contributed by atoms with Crippen LogP contribution >= 0.6 is 0 Å². The van der Waals surface area contributed by atoms with E-state index in [1.54, 1.807) is 0 Å². The molecule has 23 heavy (non-hydrogen) atoms. The molecule has 0 spiro atoms. The lowest BCUT2D eigenvalue weighted by atomic mass is 9.84. The summed E-state index contributed by atoms with van der Waals surface area (Å²) in [5.74, 6) is -1.12. The second-order valence-electron chi connectivity index (χ2n) is 5.53. The van der Waals surface area contributed by atoms with Crippen LogP contribution in [0, 0.1) is 0 Å². The standard InChI is InChI=1S/C18H14O5/c1-21-17(19)13-14(18(20)22-2)16-12-8-10-6-4-3-5-9(10)7-11(12)15(13)23-16/h3-8,15-16H,1-2H3/t15-,16-/m0/s1. The summed E-state index contributed by atoms with van der Waals surface area (Å²) in [4.78, 5) is 24.3. The third-order valence-corrected chi connectivity index (χ3v) is 4.41. The van der Waals surface area contributed by atoms with Crippen LogP contribution in [0.4, 0.5) is 0 Å². The molecule has 4 rings (SSSR count). The van der Waals surface area contributed by atoms with E-state index < -0.39 is 24.1 Å². The number of fused-ring (bicyclic) bond motifs is 6. The van der Waals surface area contributed by atoms with Gasteiger partial charge >= 0.3 is 11.9 Å². The minimum Gasteiger partial charge on any atom is -0.466 e. The van der Waals surface area contributed by atoms with Crippen molar-refractivity contribution in [1.29, 1.82) is 0 Å². The molecule has 5 nitrogen and oxygen atoms in total. The molecule has 116 valence electrons. The van der Waals surface area contributed by atoms with Crippen molar-refractivity contribution in [2.24, 2.45) is 0 Å². The highest BCUT2D eigenvalue weighted by molar-refractivity contribution is 6.04. The maximum absolute atomic E-state index is 12.1. The SMILES string of the molecule is COC(=O)C1=C(C(=O)OC)[C@H]2O[C@H]1c1cc3ccccc3cc12. The number of methoxy groups -OCH3 is 2. The van der Waals surface area contributed by atoms with Gasteiger partial charge in [-0.15, -0.1) is 0 Å². The fraction of sp³-hybridized carbons (Fsp3) is 0.222. The van der Waals surface area contributed by atoms with Crippen molar-refractivity contribution < 1.29 is 23.8 Å². The lowest BCUT2D eigenvalue weighted by Gasteiger charge is -2.17. The minimum atomic E-state index is -0.582. The van der Waals surface area contributed by atoms with Gasteiger partial charge in [-0.3, -0.25) is 0 Å². The quantitative estimate of drug-likeness (QED) is 0.798. The number of benzene rings is 2. The Labute approximate surface area is 132 Å². The summed E-state index contributed by atoms with van der Waals surface area (Å²) in [6.45, 7) is 0. The van der Waals surface area contributed by atoms with Gasteiger partial charge in [0.1, 0.15) is 12.2 Å². The highest BCUT2D eigenvalue weighted by Crippen LogP contribution is 2.55. The first-order valence-corrected chi connectivity index (χ1v) is 7.24. The second-order valence-corrected chi connectivity index (χ2v) is 5.53. The largest absolute Gasteiger partial charge is 0.466 e. The third kappa shape index (κ3) is 1.83. The zero-order valence-electron chi connectivity index (χ0n) is 12.7. The molecule has 2 aromatic carbocycles. The van der Waals surface area contributed by atoms with E-state index >= 15 is 0 Å². The van der Waals surface area contributed by atoms with Gasteiger partial charge in [0, 0.05) is 0 Å². The molecule has 2 aromatic rings. The molecule has 0 fully saturated rings. The van der Waals surface area contributed by atoms with E-state index in [0.717, 1.165) is 21.9 Å². The minimum absolute atomic E-state index is 0.243. The third-order valence-electron chi connectivity index (χ3n) is 4.41. The molecule has 0 radical (unpaired) electrons. The van der Waals surface area contributed by atoms with Crippen molar-refractivity contribution in [3.63, 3.8) is 0 Å². The normalized spacial score (nSPS) is 21.5. The fourth-order valence-electron chi connectivity index (χ4n) is 3.40. The van der Waals surface area contributed by atoms with Gasteiger partial charge in [0.05, 0.1) is 25.4 Å². The van der Waals surface area contributed by atoms with Gasteiger partial charge in [0.25, 0.3) is 0 Å². The first kappa shape index (κ1) is 14.0. The zero-order chi connectivity index (χ0) is 16.1. The molecule has 2 atom stereocenters. The van der Waals surface area contributed by atoms with E-state index in [1.165, 1.54) is 14.2 Å². The highest BCUT2D eigenvalue weighted by Gasteiger charge is 2.50. The fourth-order valence-corrected chi connectivity index (χ4v) is 3.40. The van der Waals surface area contributed by atoms with Gasteiger partial charge < -0.3 is 14.2 Å². The maximum Gasteiger partial charge on any atom is 0.337 e. The zero-order valence-corrected chi connectivity index (χ0v) is 12.7. The van der Waals surface area contributed by atoms with Crippen molar-refractivity contribution in [3.05, 3.63) is 58.7 Å². The van der Waals surface area contributed by atoms with E-state index in [1.807, 2.05) is 36.4 Å². The molecular formula is C18H14O5. The van der Waals surface area contributed by atoms with Gasteiger partial charge in [-0.2, -0.15) is 0 Å². The smallest absolute Gasteiger partial charge is 0.337 e. The number of hydrogen-bond donors (Lipinski definition) is 0. The average Bonchev–Trinajstić information content (AvgIpc) is 3.14. The van der Waals surface area contributed by atoms with Gasteiger partial charge in [-0.1, -0.05) is 24.3 Å². The summed E-state index contributed by atoms with van der Waals surface area (Å²) in [6.07, 6.45) is -1.16. The number of ether oxygens (including phenoxy) is 3. The number of rotatable bonds is 2. The first-order chi connectivity index (χ1) is 11.2. The van der Waals surface area contributed by atoms with E-state index in [0.29, 0.717) is 0 Å². The van der Waals surface area contributed by atoms with E-state index in [9.17, 15) is 9.59 Å². The number of esters is 2. The Morgan fingerprint density at radius 2 is 1.30 bits per heavy atom. The molecule has 0 amide bonds. The predicted molar refractivity (Wildman–Crippen MR) is 81.6 cm³/mol. The number of carbonyl (C=O) groups excluding carboxylic acids is 2. The van der Waals surface area contributed by atoms with Crippen molar-refractivity contribution >= 4 is 22.7 Å². The van der Waals surface area contributed by atoms with Crippen molar-refractivity contribution in [2.45, 2.75) is 12.2 Å². The van der Waals surface area contributed by atoms with Gasteiger partial charge in [0.2, 0.25) is 0 Å². The topological polar surface area (TPSA) is 61.8 Å². The Bertz CT molecular complexity index is 810. The molecule has 0 N–H and O–H groups in total. The monoisotopic (exact) mass is 310 g/mol. The summed E-state index contributed by atoms with van der Waals surface area (Å²) in [6, 6.07) is 11.9. The Balaban J connectivity index is 1.93. The van der Waals surface area contributed by atoms with Gasteiger partial charge in [0.15, 0.2) is 0 Å². The summed E-state index contributed by atoms with van der Waals surface area (Å²) in [5, 5.41) is 2.12. The maximum atomic E-state index is 12.1. The summed E-state index contributed by atoms with van der Waals surface area (Å²) >= 11 is 0. The summed E-state index contributed by atoms with van der Waals surface area (Å²) < 4.78 is 15.6. The molecule has 0 unspecified atom stereocenters. The lowest BCUT2D eigenvalue weighted by Crippen LogP contribution is -2.19. The first-order valence-electron chi connectivity index (χ1n) is 7.24. The van der Waals surface area contributed by atoms with Crippen LogP contribution in [0.25, 0.3) is 10.8 Å². The molecule has 0 aliphatic carbocycles. The predicted octanol–water partition coefficient (Wildman–Crippen LogP) is 2.61. The van der Waals surface area contributed by atoms with Crippen LogP contribution in [0.15, 0.2) is 47.5 Å². The molecule has 2 aliphatic heterocycles. The Hall–Kier alpha value is -2.66. The van der Waals surface area contributed by atoms with Crippen LogP contribution in [-0.2, 0) is 23.8 Å². The highest BCUT2D eigenvalue weighted by atomic mass is 16.5.